The highest BCUT2D eigenvalue weighted by molar-refractivity contribution is 6.76. The van der Waals surface area contributed by atoms with Gasteiger partial charge in [0.25, 0.3) is 9.70 Å². The maximum atomic E-state index is 11.9. The van der Waals surface area contributed by atoms with Gasteiger partial charge in [-0.25, -0.2) is 0 Å². The smallest absolute Gasteiger partial charge is 0.272 e. The number of rotatable bonds is 9. The Kier molecular flexibility index (Phi) is 10.3. The number of hydrogen-bond acceptors (Lipinski definition) is 5. The van der Waals surface area contributed by atoms with Crippen LogP contribution in [-0.2, 0) is 27.4 Å². The topological polar surface area (TPSA) is 71.0 Å². The van der Waals surface area contributed by atoms with Crippen molar-refractivity contribution in [2.24, 2.45) is 0 Å². The van der Waals surface area contributed by atoms with Gasteiger partial charge in [0.2, 0.25) is 0 Å². The number of aliphatic hydroxyl groups excluding tert-OH is 1. The Bertz CT molecular complexity index is 1530. The normalized spacial score (nSPS) is 19.8. The predicted octanol–water partition coefficient (Wildman–Crippen LogP) is 7.56. The molecule has 0 bridgehead atoms. The molecule has 0 unspecified atom stereocenters. The van der Waals surface area contributed by atoms with Crippen LogP contribution in [-0.4, -0.2) is 39.4 Å². The summed E-state index contributed by atoms with van der Waals surface area (Å²) >= 11 is 17.0. The van der Waals surface area contributed by atoms with Crippen molar-refractivity contribution in [2.75, 3.05) is 13.6 Å². The molecule has 1 aliphatic heterocycles. The van der Waals surface area contributed by atoms with E-state index in [0.717, 1.165) is 22.3 Å². The Labute approximate surface area is 267 Å². The molecule has 4 aromatic carbocycles. The van der Waals surface area contributed by atoms with Crippen molar-refractivity contribution in [2.45, 2.75) is 54.8 Å². The first kappa shape index (κ1) is 31.7. The second kappa shape index (κ2) is 14.0. The summed E-state index contributed by atoms with van der Waals surface area (Å²) in [5.41, 5.74) is 4.84. The molecule has 0 spiro atoms. The van der Waals surface area contributed by atoms with Gasteiger partial charge in [-0.2, -0.15) is 0 Å². The summed E-state index contributed by atoms with van der Waals surface area (Å²) < 4.78 is 11.0. The fourth-order valence-electron chi connectivity index (χ4n) is 5.31. The first-order valence-corrected chi connectivity index (χ1v) is 15.4. The van der Waals surface area contributed by atoms with Crippen LogP contribution in [0.15, 0.2) is 91.0 Å². The SMILES string of the molecule is C[C@H](c1ccc2ccccc2c1)N(C)C[C@@H]1C[C@H](c2ccc(CO)cc2)O[C@H](c2ccc(CNC(=O)C(Cl)(Cl)Cl)cc2)O1. The van der Waals surface area contributed by atoms with Crippen molar-refractivity contribution >= 4 is 51.5 Å². The lowest BCUT2D eigenvalue weighted by molar-refractivity contribution is -0.253. The number of carbonyl (C=O) groups excluding carboxylic acids is 1. The van der Waals surface area contributed by atoms with Crippen LogP contribution in [0.5, 0.6) is 0 Å². The van der Waals surface area contributed by atoms with Crippen LogP contribution in [0.4, 0.5) is 0 Å². The van der Waals surface area contributed by atoms with Gasteiger partial charge < -0.3 is 19.9 Å². The van der Waals surface area contributed by atoms with E-state index in [2.05, 4.69) is 66.7 Å². The summed E-state index contributed by atoms with van der Waals surface area (Å²) in [6, 6.07) is 30.7. The zero-order valence-corrected chi connectivity index (χ0v) is 26.3. The molecule has 0 aromatic heterocycles. The first-order valence-electron chi connectivity index (χ1n) is 14.2. The molecular formula is C34H35Cl3N2O4. The Hall–Kier alpha value is -2.68. The number of nitrogens with one attached hydrogen (secondary N) is 1. The number of fused-ring (bicyclic) bond motifs is 1. The molecular weight excluding hydrogens is 607 g/mol. The highest BCUT2D eigenvalue weighted by Gasteiger charge is 2.34. The van der Waals surface area contributed by atoms with Gasteiger partial charge in [-0.05, 0) is 53.1 Å². The summed E-state index contributed by atoms with van der Waals surface area (Å²) in [5, 5.41) is 14.6. The number of amides is 1. The van der Waals surface area contributed by atoms with Crippen molar-refractivity contribution in [1.82, 2.24) is 10.2 Å². The van der Waals surface area contributed by atoms with Gasteiger partial charge in [-0.15, -0.1) is 0 Å². The molecule has 0 saturated carbocycles. The molecule has 1 heterocycles. The van der Waals surface area contributed by atoms with Crippen LogP contribution in [0, 0.1) is 0 Å². The van der Waals surface area contributed by atoms with Crippen molar-refractivity contribution in [3.63, 3.8) is 0 Å². The molecule has 1 amide bonds. The number of halogens is 3. The maximum absolute atomic E-state index is 11.9. The van der Waals surface area contributed by atoms with Gasteiger partial charge in [-0.3, -0.25) is 9.69 Å². The van der Waals surface area contributed by atoms with E-state index in [4.69, 9.17) is 44.3 Å². The van der Waals surface area contributed by atoms with Crippen molar-refractivity contribution in [3.8, 4) is 0 Å². The summed E-state index contributed by atoms with van der Waals surface area (Å²) in [4.78, 5) is 14.2. The van der Waals surface area contributed by atoms with Crippen LogP contribution in [0.25, 0.3) is 10.8 Å². The third-order valence-corrected chi connectivity index (χ3v) is 8.50. The Morgan fingerprint density at radius 1 is 0.930 bits per heavy atom. The molecule has 0 aliphatic carbocycles. The van der Waals surface area contributed by atoms with Crippen LogP contribution in [0.3, 0.4) is 0 Å². The average molecular weight is 642 g/mol. The van der Waals surface area contributed by atoms with Crippen LogP contribution < -0.4 is 5.32 Å². The average Bonchev–Trinajstić information content (AvgIpc) is 3.02. The number of ether oxygens (including phenoxy) is 2. The third kappa shape index (κ3) is 8.08. The second-order valence-electron chi connectivity index (χ2n) is 11.0. The van der Waals surface area contributed by atoms with Crippen molar-refractivity contribution in [3.05, 3.63) is 119 Å². The molecule has 4 aromatic rings. The molecule has 1 aliphatic rings. The van der Waals surface area contributed by atoms with E-state index < -0.39 is 16.0 Å². The van der Waals surface area contributed by atoms with E-state index >= 15 is 0 Å². The largest absolute Gasteiger partial charge is 0.392 e. The van der Waals surface area contributed by atoms with Crippen LogP contribution in [0.1, 0.15) is 59.6 Å². The quantitative estimate of drug-likeness (QED) is 0.185. The molecule has 5 rings (SSSR count). The highest BCUT2D eigenvalue weighted by atomic mass is 35.6. The Balaban J connectivity index is 1.32. The number of alkyl halides is 3. The minimum Gasteiger partial charge on any atom is -0.392 e. The molecule has 2 N–H and O–H groups in total. The zero-order valence-electron chi connectivity index (χ0n) is 24.1. The first-order chi connectivity index (χ1) is 20.6. The van der Waals surface area contributed by atoms with E-state index in [1.165, 1.54) is 16.3 Å². The van der Waals surface area contributed by atoms with E-state index in [9.17, 15) is 9.90 Å². The number of nitrogens with zero attached hydrogens (tertiary/aromatic N) is 1. The van der Waals surface area contributed by atoms with Gasteiger partial charge in [0.05, 0.1) is 18.8 Å². The van der Waals surface area contributed by atoms with Gasteiger partial charge in [0.15, 0.2) is 6.29 Å². The monoisotopic (exact) mass is 640 g/mol. The lowest BCUT2D eigenvalue weighted by atomic mass is 9.98. The molecule has 226 valence electrons. The lowest BCUT2D eigenvalue weighted by Crippen LogP contribution is -2.38. The standard InChI is InChI=1S/C34H35Cl3N2O4/c1-22(28-16-15-25-5-3-4-6-29(25)17-28)39(2)20-30-18-31(26-11-9-24(21-40)10-12-26)43-32(42-30)27-13-7-23(8-14-27)19-38-33(41)34(35,36)37/h3-17,22,30-32,40H,18-21H2,1-2H3,(H,38,41)/t22-,30+,31-,32-/m1/s1. The van der Waals surface area contributed by atoms with Crippen LogP contribution in [0.2, 0.25) is 0 Å². The number of likely N-dealkylation sites (N-methyl/N-ethyl adjacent to an activating group) is 1. The molecule has 6 nitrogen and oxygen atoms in total. The fraction of sp³-hybridized carbons (Fsp3) is 0.324. The maximum Gasteiger partial charge on any atom is 0.272 e. The van der Waals surface area contributed by atoms with Gasteiger partial charge in [-0.1, -0.05) is 120 Å². The van der Waals surface area contributed by atoms with Crippen molar-refractivity contribution in [1.29, 1.82) is 0 Å². The van der Waals surface area contributed by atoms with Crippen molar-refractivity contribution < 1.29 is 19.4 Å². The summed E-state index contributed by atoms with van der Waals surface area (Å²) in [6.07, 6.45) is -0.192. The van der Waals surface area contributed by atoms with Gasteiger partial charge >= 0.3 is 0 Å². The number of aliphatic hydroxyl groups is 1. The third-order valence-electron chi connectivity index (χ3n) is 7.99. The highest BCUT2D eigenvalue weighted by Crippen LogP contribution is 2.39. The zero-order chi connectivity index (χ0) is 30.6. The molecule has 43 heavy (non-hydrogen) atoms. The lowest BCUT2D eigenvalue weighted by Gasteiger charge is -2.39. The molecule has 1 saturated heterocycles. The number of hydrogen-bond donors (Lipinski definition) is 2. The summed E-state index contributed by atoms with van der Waals surface area (Å²) in [6.45, 7) is 3.14. The Morgan fingerprint density at radius 3 is 2.26 bits per heavy atom. The molecule has 1 fully saturated rings. The number of benzene rings is 4. The van der Waals surface area contributed by atoms with E-state index in [1.807, 2.05) is 48.5 Å². The number of carbonyl (C=O) groups is 1. The minimum absolute atomic E-state index is 0.00785. The molecule has 0 radical (unpaired) electrons. The van der Waals surface area contributed by atoms with E-state index in [1.54, 1.807) is 0 Å². The summed E-state index contributed by atoms with van der Waals surface area (Å²) in [5.74, 6) is -0.680. The predicted molar refractivity (Wildman–Crippen MR) is 172 cm³/mol. The Morgan fingerprint density at radius 2 is 1.58 bits per heavy atom. The van der Waals surface area contributed by atoms with Crippen LogP contribution >= 0.6 is 34.8 Å². The molecule has 9 heteroatoms. The summed E-state index contributed by atoms with van der Waals surface area (Å²) in [7, 11) is 2.12. The van der Waals surface area contributed by atoms with Gasteiger partial charge in [0, 0.05) is 31.1 Å². The fourth-order valence-corrected chi connectivity index (χ4v) is 5.51. The van der Waals surface area contributed by atoms with Gasteiger partial charge in [0.1, 0.15) is 0 Å². The molecule has 4 atom stereocenters. The van der Waals surface area contributed by atoms with E-state index in [0.29, 0.717) is 13.0 Å². The minimum atomic E-state index is -2.01. The van der Waals surface area contributed by atoms with E-state index in [-0.39, 0.29) is 31.4 Å². The second-order valence-corrected chi connectivity index (χ2v) is 13.3.